The van der Waals surface area contributed by atoms with E-state index < -0.39 is 11.9 Å². The minimum Gasteiger partial charge on any atom is -0.409 e. The van der Waals surface area contributed by atoms with Crippen molar-refractivity contribution in [3.63, 3.8) is 0 Å². The van der Waals surface area contributed by atoms with Crippen molar-refractivity contribution in [3.05, 3.63) is 34.5 Å². The van der Waals surface area contributed by atoms with Gasteiger partial charge < -0.3 is 14.5 Å². The Balaban J connectivity index is 1.43. The van der Waals surface area contributed by atoms with Gasteiger partial charge in [-0.3, -0.25) is 5.01 Å². The van der Waals surface area contributed by atoms with Crippen LogP contribution in [0.3, 0.4) is 0 Å². The van der Waals surface area contributed by atoms with E-state index >= 15 is 0 Å². The average molecular weight is 506 g/mol. The van der Waals surface area contributed by atoms with Crippen molar-refractivity contribution in [2.45, 2.75) is 45.6 Å². The Hall–Kier alpha value is -2.01. The number of piperidine rings is 1. The number of halogens is 1. The van der Waals surface area contributed by atoms with E-state index in [9.17, 15) is 9.18 Å². The first-order chi connectivity index (χ1) is 16.5. The molecule has 7 nitrogen and oxygen atoms in total. The molecule has 0 saturated carbocycles. The molecule has 184 valence electrons. The Labute approximate surface area is 210 Å². The number of ether oxygens (including phenoxy) is 1. The van der Waals surface area contributed by atoms with E-state index in [1.807, 2.05) is 11.1 Å². The lowest BCUT2D eigenvalue weighted by molar-refractivity contribution is 0.104. The summed E-state index contributed by atoms with van der Waals surface area (Å²) < 4.78 is 19.7. The third-order valence-corrected chi connectivity index (χ3v) is 7.93. The molecule has 0 unspecified atom stereocenters. The van der Waals surface area contributed by atoms with E-state index in [0.717, 1.165) is 61.9 Å². The molecule has 10 heteroatoms. The summed E-state index contributed by atoms with van der Waals surface area (Å²) in [6, 6.07) is 4.70. The van der Waals surface area contributed by atoms with Gasteiger partial charge in [-0.1, -0.05) is 26.1 Å². The number of rotatable bonds is 5. The summed E-state index contributed by atoms with van der Waals surface area (Å²) in [5.74, 6) is -0.266. The molecule has 3 aliphatic rings. The smallest absolute Gasteiger partial charge is 0.409 e. The number of amides is 1. The molecule has 1 N–H and O–H groups in total. The molecule has 0 bridgehead atoms. The lowest BCUT2D eigenvalue weighted by Gasteiger charge is -2.37. The molecule has 0 atom stereocenters. The maximum atomic E-state index is 14.1. The SMILES string of the molecule is CCN(CC)C1CCN(C(=O)Oc2cc(F)ccc2C=C2SC(N3CCCCN3)=NC2=S)CC1. The number of benzene rings is 1. The summed E-state index contributed by atoms with van der Waals surface area (Å²) in [4.78, 5) is 22.8. The minimum atomic E-state index is -0.457. The fraction of sp³-hybridized carbons (Fsp3) is 0.542. The number of thiocarbonyl (C=S) groups is 1. The Bertz CT molecular complexity index is 968. The van der Waals surface area contributed by atoms with E-state index in [1.165, 1.54) is 23.9 Å². The van der Waals surface area contributed by atoms with Crippen molar-refractivity contribution < 1.29 is 13.9 Å². The number of hydrogen-bond donors (Lipinski definition) is 1. The summed E-state index contributed by atoms with van der Waals surface area (Å²) in [5, 5.41) is 2.84. The predicted octanol–water partition coefficient (Wildman–Crippen LogP) is 4.50. The van der Waals surface area contributed by atoms with Crippen molar-refractivity contribution in [3.8, 4) is 5.75 Å². The maximum Gasteiger partial charge on any atom is 0.415 e. The highest BCUT2D eigenvalue weighted by Crippen LogP contribution is 2.34. The van der Waals surface area contributed by atoms with Crippen LogP contribution in [-0.2, 0) is 0 Å². The van der Waals surface area contributed by atoms with Gasteiger partial charge in [0, 0.05) is 43.9 Å². The van der Waals surface area contributed by atoms with Gasteiger partial charge in [0.2, 0.25) is 0 Å². The average Bonchev–Trinajstić information content (AvgIpc) is 3.22. The predicted molar refractivity (Wildman–Crippen MR) is 139 cm³/mol. The highest BCUT2D eigenvalue weighted by atomic mass is 32.2. The number of likely N-dealkylation sites (tertiary alicyclic amines) is 1. The van der Waals surface area contributed by atoms with Gasteiger partial charge in [0.05, 0.1) is 4.91 Å². The molecule has 2 fully saturated rings. The third kappa shape index (κ3) is 5.97. The fourth-order valence-electron chi connectivity index (χ4n) is 4.53. The van der Waals surface area contributed by atoms with Crippen molar-refractivity contribution >= 4 is 46.3 Å². The second-order valence-corrected chi connectivity index (χ2v) is 9.96. The zero-order valence-electron chi connectivity index (χ0n) is 19.8. The van der Waals surface area contributed by atoms with Crippen molar-refractivity contribution in [2.24, 2.45) is 4.99 Å². The molecule has 0 aromatic heterocycles. The fourth-order valence-corrected chi connectivity index (χ4v) is 5.78. The maximum absolute atomic E-state index is 14.1. The number of carbonyl (C=O) groups is 1. The van der Waals surface area contributed by atoms with Gasteiger partial charge in [-0.05, 0) is 68.7 Å². The lowest BCUT2D eigenvalue weighted by Crippen LogP contribution is -2.47. The van der Waals surface area contributed by atoms with Crippen molar-refractivity contribution in [1.82, 2.24) is 20.2 Å². The normalized spacial score (nSPS) is 20.9. The van der Waals surface area contributed by atoms with Gasteiger partial charge >= 0.3 is 6.09 Å². The molecule has 0 spiro atoms. The molecular weight excluding hydrogens is 473 g/mol. The molecule has 1 aromatic carbocycles. The minimum absolute atomic E-state index is 0.191. The number of hydrazine groups is 1. The van der Waals surface area contributed by atoms with Gasteiger partial charge in [0.1, 0.15) is 16.6 Å². The lowest BCUT2D eigenvalue weighted by atomic mass is 10.0. The van der Waals surface area contributed by atoms with Crippen molar-refractivity contribution in [1.29, 1.82) is 0 Å². The molecule has 1 aromatic rings. The zero-order valence-corrected chi connectivity index (χ0v) is 21.4. The summed E-state index contributed by atoms with van der Waals surface area (Å²) in [6.45, 7) is 9.39. The third-order valence-electron chi connectivity index (χ3n) is 6.46. The molecule has 4 rings (SSSR count). The standard InChI is InChI=1S/C24H32FN5O2S2/c1-3-28(4-2)19-9-13-29(14-10-19)24(31)32-20-16-18(25)8-7-17(20)15-21-22(33)27-23(34-21)30-12-6-5-11-26-30/h7-8,15-16,19,26H,3-6,9-14H2,1-2H3. The number of carbonyl (C=O) groups excluding carboxylic acids is 1. The first-order valence-electron chi connectivity index (χ1n) is 12.0. The summed E-state index contributed by atoms with van der Waals surface area (Å²) in [6.07, 6.45) is 5.43. The molecule has 3 heterocycles. The van der Waals surface area contributed by atoms with Crippen LogP contribution in [0.1, 0.15) is 45.1 Å². The van der Waals surface area contributed by atoms with Gasteiger partial charge in [0.15, 0.2) is 5.17 Å². The molecular formula is C24H32FN5O2S2. The number of thioether (sulfide) groups is 1. The quantitative estimate of drug-likeness (QED) is 0.467. The van der Waals surface area contributed by atoms with Crippen LogP contribution >= 0.6 is 24.0 Å². The Morgan fingerprint density at radius 2 is 2.06 bits per heavy atom. The molecule has 0 radical (unpaired) electrons. The van der Waals surface area contributed by atoms with Crippen LogP contribution < -0.4 is 10.2 Å². The van der Waals surface area contributed by atoms with Crippen LogP contribution in [0.5, 0.6) is 5.75 Å². The van der Waals surface area contributed by atoms with Crippen LogP contribution in [0.15, 0.2) is 28.1 Å². The van der Waals surface area contributed by atoms with Crippen LogP contribution in [0.4, 0.5) is 9.18 Å². The Kier molecular flexibility index (Phi) is 8.57. The molecule has 3 aliphatic heterocycles. The topological polar surface area (TPSA) is 60.4 Å². The monoisotopic (exact) mass is 505 g/mol. The van der Waals surface area contributed by atoms with Gasteiger partial charge in [-0.25, -0.2) is 19.6 Å². The second-order valence-electron chi connectivity index (χ2n) is 8.57. The van der Waals surface area contributed by atoms with E-state index in [4.69, 9.17) is 17.0 Å². The first kappa shape index (κ1) is 25.1. The summed E-state index contributed by atoms with van der Waals surface area (Å²) in [5.41, 5.74) is 3.93. The van der Waals surface area contributed by atoms with Gasteiger partial charge in [-0.2, -0.15) is 0 Å². The van der Waals surface area contributed by atoms with Gasteiger partial charge in [-0.15, -0.1) is 0 Å². The summed E-state index contributed by atoms with van der Waals surface area (Å²) in [7, 11) is 0. The number of amidine groups is 1. The molecule has 1 amide bonds. The van der Waals surface area contributed by atoms with Crippen LogP contribution in [0.25, 0.3) is 6.08 Å². The van der Waals surface area contributed by atoms with Gasteiger partial charge in [0.25, 0.3) is 0 Å². The molecule has 0 aliphatic carbocycles. The van der Waals surface area contributed by atoms with Crippen LogP contribution in [-0.4, -0.2) is 76.4 Å². The number of nitrogens with zero attached hydrogens (tertiary/aromatic N) is 4. The Morgan fingerprint density at radius 1 is 1.29 bits per heavy atom. The van der Waals surface area contributed by atoms with Crippen LogP contribution in [0, 0.1) is 5.82 Å². The molecule has 34 heavy (non-hydrogen) atoms. The number of hydrogen-bond acceptors (Lipinski definition) is 7. The van der Waals surface area contributed by atoms with E-state index in [1.54, 1.807) is 11.0 Å². The van der Waals surface area contributed by atoms with E-state index in [-0.39, 0.29) is 5.75 Å². The molecule has 2 saturated heterocycles. The largest absolute Gasteiger partial charge is 0.415 e. The highest BCUT2D eigenvalue weighted by Gasteiger charge is 2.28. The van der Waals surface area contributed by atoms with E-state index in [2.05, 4.69) is 29.2 Å². The second kappa shape index (κ2) is 11.6. The van der Waals surface area contributed by atoms with E-state index in [0.29, 0.717) is 29.7 Å². The summed E-state index contributed by atoms with van der Waals surface area (Å²) >= 11 is 6.94. The van der Waals surface area contributed by atoms with Crippen molar-refractivity contribution in [2.75, 3.05) is 39.3 Å². The number of aliphatic imine (C=N–C) groups is 1. The van der Waals surface area contributed by atoms with Crippen LogP contribution in [0.2, 0.25) is 0 Å². The Morgan fingerprint density at radius 3 is 2.74 bits per heavy atom. The number of nitrogens with one attached hydrogen (secondary N) is 1. The highest BCUT2D eigenvalue weighted by molar-refractivity contribution is 8.19. The zero-order chi connectivity index (χ0) is 24.1. The first-order valence-corrected chi connectivity index (χ1v) is 13.2.